The van der Waals surface area contributed by atoms with Gasteiger partial charge in [0, 0.05) is 14.1 Å². The first-order valence-electron chi connectivity index (χ1n) is 9.65. The third-order valence-electron chi connectivity index (χ3n) is 5.96. The number of rotatable bonds is 3. The summed E-state index contributed by atoms with van der Waals surface area (Å²) in [6.45, 7) is 0. The van der Waals surface area contributed by atoms with Gasteiger partial charge in [-0.1, -0.05) is 31.0 Å². The number of ether oxygens (including phenoxy) is 1. The van der Waals surface area contributed by atoms with E-state index in [1.165, 1.54) is 11.0 Å². The van der Waals surface area contributed by atoms with Crippen LogP contribution >= 0.6 is 0 Å². The summed E-state index contributed by atoms with van der Waals surface area (Å²) in [5.41, 5.74) is -0.0302. The van der Waals surface area contributed by atoms with Gasteiger partial charge in [0.05, 0.1) is 5.69 Å². The van der Waals surface area contributed by atoms with Crippen molar-refractivity contribution in [2.75, 3.05) is 19.4 Å². The Morgan fingerprint density at radius 3 is 2.38 bits per heavy atom. The zero-order valence-electron chi connectivity index (χ0n) is 16.3. The maximum Gasteiger partial charge on any atom is 0.414 e. The second-order valence-corrected chi connectivity index (χ2v) is 7.81. The Kier molecular flexibility index (Phi) is 4.76. The van der Waals surface area contributed by atoms with Crippen LogP contribution in [0.2, 0.25) is 0 Å². The van der Waals surface area contributed by atoms with E-state index in [-0.39, 0.29) is 17.5 Å². The number of hydrogen-bond acceptors (Lipinski definition) is 3. The first-order valence-corrected chi connectivity index (χ1v) is 9.65. The summed E-state index contributed by atoms with van der Waals surface area (Å²) in [7, 11) is 3.17. The van der Waals surface area contributed by atoms with E-state index in [9.17, 15) is 18.4 Å². The molecule has 1 aliphatic carbocycles. The molecule has 1 saturated carbocycles. The lowest BCUT2D eigenvalue weighted by Gasteiger charge is -2.34. The third-order valence-corrected chi connectivity index (χ3v) is 5.96. The zero-order chi connectivity index (χ0) is 20.8. The van der Waals surface area contributed by atoms with Gasteiger partial charge < -0.3 is 15.0 Å². The van der Waals surface area contributed by atoms with Gasteiger partial charge in [-0.15, -0.1) is 0 Å². The zero-order valence-corrected chi connectivity index (χ0v) is 16.3. The van der Waals surface area contributed by atoms with Crippen molar-refractivity contribution in [3.8, 4) is 5.75 Å². The Morgan fingerprint density at radius 1 is 1.10 bits per heavy atom. The molecule has 1 N–H and O–H groups in total. The molecule has 4 rings (SSSR count). The second kappa shape index (κ2) is 7.13. The minimum Gasteiger partial charge on any atom is -0.410 e. The maximum atomic E-state index is 14.5. The lowest BCUT2D eigenvalue weighted by atomic mass is 9.65. The number of nitrogens with one attached hydrogen (secondary N) is 1. The van der Waals surface area contributed by atoms with Crippen molar-refractivity contribution in [3.05, 3.63) is 59.2 Å². The first kappa shape index (κ1) is 19.4. The number of carbonyl (C=O) groups excluding carboxylic acids is 2. The van der Waals surface area contributed by atoms with E-state index in [4.69, 9.17) is 4.74 Å². The molecule has 0 spiro atoms. The average Bonchev–Trinajstić information content (AvgIpc) is 3.32. The smallest absolute Gasteiger partial charge is 0.410 e. The Morgan fingerprint density at radius 2 is 1.76 bits per heavy atom. The highest BCUT2D eigenvalue weighted by Gasteiger charge is 2.54. The molecule has 2 amide bonds. The number of hydrogen-bond donors (Lipinski definition) is 1. The SMILES string of the molecule is CN(C)C(=O)Oc1ccc(C2(C3CCCC3)C(=O)Nc3c2ccc(F)c3F)cc1. The fourth-order valence-corrected chi connectivity index (χ4v) is 4.60. The highest BCUT2D eigenvalue weighted by atomic mass is 19.2. The molecular formula is C22H22F2N2O3. The summed E-state index contributed by atoms with van der Waals surface area (Å²) in [6, 6.07) is 9.28. The van der Waals surface area contributed by atoms with Gasteiger partial charge in [0.2, 0.25) is 5.91 Å². The van der Waals surface area contributed by atoms with Crippen molar-refractivity contribution in [1.82, 2.24) is 4.90 Å². The molecule has 1 heterocycles. The van der Waals surface area contributed by atoms with Gasteiger partial charge in [-0.3, -0.25) is 4.79 Å². The molecule has 152 valence electrons. The van der Waals surface area contributed by atoms with E-state index in [0.717, 1.165) is 31.7 Å². The van der Waals surface area contributed by atoms with Crippen molar-refractivity contribution in [1.29, 1.82) is 0 Å². The topological polar surface area (TPSA) is 58.6 Å². The molecule has 1 unspecified atom stereocenters. The van der Waals surface area contributed by atoms with Crippen molar-refractivity contribution in [2.24, 2.45) is 5.92 Å². The fraction of sp³-hybridized carbons (Fsp3) is 0.364. The van der Waals surface area contributed by atoms with Crippen LogP contribution in [-0.4, -0.2) is 31.0 Å². The Balaban J connectivity index is 1.82. The molecule has 1 fully saturated rings. The van der Waals surface area contributed by atoms with Crippen LogP contribution in [0.25, 0.3) is 0 Å². The van der Waals surface area contributed by atoms with E-state index in [0.29, 0.717) is 16.9 Å². The lowest BCUT2D eigenvalue weighted by Crippen LogP contribution is -2.42. The molecular weight excluding hydrogens is 378 g/mol. The Labute approximate surface area is 167 Å². The second-order valence-electron chi connectivity index (χ2n) is 7.81. The van der Waals surface area contributed by atoms with E-state index in [1.54, 1.807) is 38.4 Å². The number of benzene rings is 2. The molecule has 5 nitrogen and oxygen atoms in total. The summed E-state index contributed by atoms with van der Waals surface area (Å²) in [5, 5.41) is 2.59. The maximum absolute atomic E-state index is 14.5. The summed E-state index contributed by atoms with van der Waals surface area (Å²) in [6.07, 6.45) is 3.10. The van der Waals surface area contributed by atoms with Crippen LogP contribution in [0.1, 0.15) is 36.8 Å². The number of halogens is 2. The van der Waals surface area contributed by atoms with Crippen LogP contribution in [0.3, 0.4) is 0 Å². The summed E-state index contributed by atoms with van der Waals surface area (Å²) in [4.78, 5) is 26.3. The number of amides is 2. The largest absolute Gasteiger partial charge is 0.414 e. The van der Waals surface area contributed by atoms with Crippen molar-refractivity contribution >= 4 is 17.7 Å². The van der Waals surface area contributed by atoms with Crippen molar-refractivity contribution in [3.63, 3.8) is 0 Å². The predicted molar refractivity (Wildman–Crippen MR) is 104 cm³/mol. The van der Waals surface area contributed by atoms with Gasteiger partial charge >= 0.3 is 6.09 Å². The first-order chi connectivity index (χ1) is 13.9. The van der Waals surface area contributed by atoms with Gasteiger partial charge in [0.1, 0.15) is 11.2 Å². The van der Waals surface area contributed by atoms with Gasteiger partial charge in [-0.05, 0) is 48.1 Å². The molecule has 7 heteroatoms. The minimum absolute atomic E-state index is 0.0243. The molecule has 2 aliphatic rings. The van der Waals surface area contributed by atoms with Gasteiger partial charge in [-0.2, -0.15) is 0 Å². The molecule has 1 atom stereocenters. The van der Waals surface area contributed by atoms with Crippen LogP contribution < -0.4 is 10.1 Å². The molecule has 0 radical (unpaired) electrons. The Bertz CT molecular complexity index is 969. The Hall–Kier alpha value is -2.96. The molecule has 0 bridgehead atoms. The van der Waals surface area contributed by atoms with E-state index >= 15 is 0 Å². The summed E-state index contributed by atoms with van der Waals surface area (Å²) < 4.78 is 33.5. The number of nitrogens with zero attached hydrogens (tertiary/aromatic N) is 1. The van der Waals surface area contributed by atoms with Crippen LogP contribution in [-0.2, 0) is 10.2 Å². The quantitative estimate of drug-likeness (QED) is 0.828. The molecule has 2 aromatic rings. The summed E-state index contributed by atoms with van der Waals surface area (Å²) in [5.74, 6) is -2.05. The standard InChI is InChI=1S/C22H22F2N2O3/c1-26(2)21(28)29-15-9-7-14(8-10-15)22(13-5-3-4-6-13)16-11-12-17(23)18(24)19(16)25-20(22)27/h7-13H,3-6H2,1-2H3,(H,25,27). The monoisotopic (exact) mass is 400 g/mol. The van der Waals surface area contributed by atoms with Crippen LogP contribution in [0.4, 0.5) is 19.3 Å². The van der Waals surface area contributed by atoms with E-state index in [1.807, 2.05) is 0 Å². The minimum atomic E-state index is -1.09. The van der Waals surface area contributed by atoms with Gasteiger partial charge in [-0.25, -0.2) is 13.6 Å². The molecule has 0 aromatic heterocycles. The van der Waals surface area contributed by atoms with Crippen LogP contribution in [0, 0.1) is 17.6 Å². The normalized spacial score (nSPS) is 21.0. The lowest BCUT2D eigenvalue weighted by molar-refractivity contribution is -0.121. The van der Waals surface area contributed by atoms with E-state index < -0.39 is 23.1 Å². The average molecular weight is 400 g/mol. The van der Waals surface area contributed by atoms with E-state index in [2.05, 4.69) is 5.32 Å². The molecule has 29 heavy (non-hydrogen) atoms. The molecule has 1 aliphatic heterocycles. The van der Waals surface area contributed by atoms with Crippen molar-refractivity contribution in [2.45, 2.75) is 31.1 Å². The highest BCUT2D eigenvalue weighted by Crippen LogP contribution is 2.53. The van der Waals surface area contributed by atoms with Crippen LogP contribution in [0.5, 0.6) is 5.75 Å². The van der Waals surface area contributed by atoms with Gasteiger partial charge in [0.25, 0.3) is 0 Å². The number of carbonyl (C=O) groups is 2. The molecule has 0 saturated heterocycles. The summed E-state index contributed by atoms with van der Waals surface area (Å²) >= 11 is 0. The number of anilines is 1. The predicted octanol–water partition coefficient (Wildman–Crippen LogP) is 4.45. The molecule has 2 aromatic carbocycles. The third kappa shape index (κ3) is 2.96. The highest BCUT2D eigenvalue weighted by molar-refractivity contribution is 6.09. The van der Waals surface area contributed by atoms with Crippen molar-refractivity contribution < 1.29 is 23.1 Å². The van der Waals surface area contributed by atoms with Gasteiger partial charge in [0.15, 0.2) is 11.6 Å². The fourth-order valence-electron chi connectivity index (χ4n) is 4.60. The van der Waals surface area contributed by atoms with Crippen LogP contribution in [0.15, 0.2) is 36.4 Å². The number of fused-ring (bicyclic) bond motifs is 1.